The fourth-order valence-electron chi connectivity index (χ4n) is 2.53. The predicted molar refractivity (Wildman–Crippen MR) is 88.2 cm³/mol. The summed E-state index contributed by atoms with van der Waals surface area (Å²) in [6.07, 6.45) is 1.95. The quantitative estimate of drug-likeness (QED) is 0.346. The van der Waals surface area contributed by atoms with Crippen molar-refractivity contribution in [3.8, 4) is 23.7 Å². The largest absolute Gasteiger partial charge is 0.364 e. The van der Waals surface area contributed by atoms with Crippen molar-refractivity contribution in [1.29, 1.82) is 0 Å². The molecule has 0 bridgehead atoms. The Kier molecular flexibility index (Phi) is 5.74. The van der Waals surface area contributed by atoms with Gasteiger partial charge in [-0.05, 0) is 16.9 Å². The van der Waals surface area contributed by atoms with E-state index in [9.17, 15) is 14.4 Å². The summed E-state index contributed by atoms with van der Waals surface area (Å²) in [7, 11) is -1.99. The first-order valence-corrected chi connectivity index (χ1v) is 10.3. The van der Waals surface area contributed by atoms with Gasteiger partial charge in [0.05, 0.1) is 5.92 Å². The molecule has 1 aliphatic rings. The first-order valence-electron chi connectivity index (χ1n) is 7.35. The molecule has 1 fully saturated rings. The van der Waals surface area contributed by atoms with Gasteiger partial charge in [0.2, 0.25) is 5.91 Å². The minimum atomic E-state index is -1.99. The van der Waals surface area contributed by atoms with Gasteiger partial charge in [-0.2, -0.15) is 0 Å². The molecular formula is C17H23NO3Si. The van der Waals surface area contributed by atoms with Gasteiger partial charge in [-0.15, -0.1) is 0 Å². The summed E-state index contributed by atoms with van der Waals surface area (Å²) in [6, 6.07) is -0.0122. The van der Waals surface area contributed by atoms with Crippen LogP contribution in [0.4, 0.5) is 0 Å². The van der Waals surface area contributed by atoms with Gasteiger partial charge in [0.1, 0.15) is 0 Å². The molecule has 0 radical (unpaired) electrons. The van der Waals surface area contributed by atoms with E-state index in [0.717, 1.165) is 0 Å². The lowest BCUT2D eigenvalue weighted by atomic mass is 9.85. The number of hydrogen-bond donors (Lipinski definition) is 0. The smallest absolute Gasteiger partial charge is 0.221 e. The van der Waals surface area contributed by atoms with Crippen LogP contribution < -0.4 is 0 Å². The number of carbonyl (C=O) groups is 3. The highest BCUT2D eigenvalue weighted by atomic mass is 28.3. The van der Waals surface area contributed by atoms with Crippen molar-refractivity contribution in [3.63, 3.8) is 0 Å². The molecule has 1 aliphatic heterocycles. The van der Waals surface area contributed by atoms with Gasteiger partial charge < -0.3 is 4.57 Å². The van der Waals surface area contributed by atoms with Gasteiger partial charge in [-0.25, -0.2) is 0 Å². The summed E-state index contributed by atoms with van der Waals surface area (Å²) in [5.74, 6) is 10.2. The van der Waals surface area contributed by atoms with Crippen molar-refractivity contribution in [3.05, 3.63) is 0 Å². The zero-order valence-corrected chi connectivity index (χ0v) is 14.9. The van der Waals surface area contributed by atoms with Gasteiger partial charge in [0.25, 0.3) is 0 Å². The fraction of sp³-hybridized carbons (Fsp3) is 0.588. The van der Waals surface area contributed by atoms with Gasteiger partial charge in [0.15, 0.2) is 20.8 Å². The van der Waals surface area contributed by atoms with E-state index in [-0.39, 0.29) is 22.9 Å². The molecule has 22 heavy (non-hydrogen) atoms. The highest BCUT2D eigenvalue weighted by molar-refractivity contribution is 6.80. The molecule has 1 rings (SSSR count). The topological polar surface area (TPSA) is 54.5 Å². The molecule has 1 heterocycles. The second-order valence-electron chi connectivity index (χ2n) is 6.98. The van der Waals surface area contributed by atoms with E-state index in [1.54, 1.807) is 0 Å². The third-order valence-corrected chi connectivity index (χ3v) is 10.2. The average Bonchev–Trinajstić information content (AvgIpc) is 2.41. The summed E-state index contributed by atoms with van der Waals surface area (Å²) < 4.78 is 2.00. The van der Waals surface area contributed by atoms with Crippen LogP contribution >= 0.6 is 0 Å². The van der Waals surface area contributed by atoms with Crippen LogP contribution in [0.3, 0.4) is 0 Å². The molecule has 1 saturated heterocycles. The van der Waals surface area contributed by atoms with Crippen molar-refractivity contribution in [2.75, 3.05) is 0 Å². The predicted octanol–water partition coefficient (Wildman–Crippen LogP) is 2.00. The summed E-state index contributed by atoms with van der Waals surface area (Å²) >= 11 is 0. The Hall–Kier alpha value is -1.85. The zero-order chi connectivity index (χ0) is 17.0. The SMILES string of the molecule is CC(C)(C)[Si](C)(C)N1C(=O)[C@@H](CC#CC=O)[C@@H]1CC#CC=O. The fourth-order valence-corrected chi connectivity index (χ4v) is 5.07. The monoisotopic (exact) mass is 317 g/mol. The number of β-lactam (4-membered cyclic amide) rings is 1. The Morgan fingerprint density at radius 3 is 2.05 bits per heavy atom. The second-order valence-corrected chi connectivity index (χ2v) is 12.1. The highest BCUT2D eigenvalue weighted by Gasteiger charge is 2.56. The number of hydrogen-bond acceptors (Lipinski definition) is 3. The maximum Gasteiger partial charge on any atom is 0.221 e. The van der Waals surface area contributed by atoms with E-state index < -0.39 is 8.24 Å². The molecule has 0 aromatic heterocycles. The Morgan fingerprint density at radius 1 is 1.09 bits per heavy atom. The molecule has 0 N–H and O–H groups in total. The molecule has 118 valence electrons. The molecule has 0 aromatic carbocycles. The van der Waals surface area contributed by atoms with Crippen molar-refractivity contribution >= 4 is 26.7 Å². The van der Waals surface area contributed by atoms with Gasteiger partial charge in [0, 0.05) is 18.9 Å². The maximum absolute atomic E-state index is 12.6. The minimum Gasteiger partial charge on any atom is -0.364 e. The molecule has 0 aromatic rings. The van der Waals surface area contributed by atoms with Crippen LogP contribution in [0, 0.1) is 29.6 Å². The van der Waals surface area contributed by atoms with Crippen LogP contribution in [-0.2, 0) is 14.4 Å². The van der Waals surface area contributed by atoms with Crippen LogP contribution in [-0.4, -0.2) is 37.3 Å². The van der Waals surface area contributed by atoms with Crippen LogP contribution in [0.5, 0.6) is 0 Å². The van der Waals surface area contributed by atoms with E-state index in [2.05, 4.69) is 57.5 Å². The van der Waals surface area contributed by atoms with Crippen molar-refractivity contribution < 1.29 is 14.4 Å². The third kappa shape index (κ3) is 3.48. The van der Waals surface area contributed by atoms with Crippen LogP contribution in [0.1, 0.15) is 33.6 Å². The van der Waals surface area contributed by atoms with Gasteiger partial charge in [-0.1, -0.05) is 45.7 Å². The molecular weight excluding hydrogens is 294 g/mol. The molecule has 4 nitrogen and oxygen atoms in total. The molecule has 0 saturated carbocycles. The lowest BCUT2D eigenvalue weighted by molar-refractivity contribution is -0.147. The first-order chi connectivity index (χ1) is 10.2. The standard InChI is InChI=1S/C17H23NO3Si/c1-17(2,3)22(4,5)18-15(11-7-9-13-20)14(16(18)21)10-6-8-12-19/h12-15H,10-11H2,1-5H3/t14-,15-/m0/s1. The molecule has 0 aliphatic carbocycles. The average molecular weight is 317 g/mol. The lowest BCUT2D eigenvalue weighted by Crippen LogP contribution is -2.72. The molecule has 0 unspecified atom stereocenters. The maximum atomic E-state index is 12.6. The van der Waals surface area contributed by atoms with E-state index in [0.29, 0.717) is 25.4 Å². The van der Waals surface area contributed by atoms with Crippen LogP contribution in [0.2, 0.25) is 18.1 Å². The highest BCUT2D eigenvalue weighted by Crippen LogP contribution is 2.46. The Labute approximate surface area is 133 Å². The molecule has 1 amide bonds. The van der Waals surface area contributed by atoms with E-state index >= 15 is 0 Å². The van der Waals surface area contributed by atoms with Gasteiger partial charge >= 0.3 is 0 Å². The van der Waals surface area contributed by atoms with Crippen molar-refractivity contribution in [2.45, 2.75) is 57.8 Å². The third-order valence-electron chi connectivity index (χ3n) is 4.74. The van der Waals surface area contributed by atoms with E-state index in [1.807, 2.05) is 4.57 Å². The second kappa shape index (κ2) is 6.94. The Bertz CT molecular complexity index is 581. The van der Waals surface area contributed by atoms with Crippen LogP contribution in [0.15, 0.2) is 0 Å². The van der Waals surface area contributed by atoms with Crippen molar-refractivity contribution in [2.24, 2.45) is 5.92 Å². The Morgan fingerprint density at radius 2 is 1.59 bits per heavy atom. The lowest BCUT2D eigenvalue weighted by Gasteiger charge is -2.58. The molecule has 0 spiro atoms. The van der Waals surface area contributed by atoms with E-state index in [4.69, 9.17) is 0 Å². The zero-order valence-electron chi connectivity index (χ0n) is 13.9. The molecule has 2 atom stereocenters. The molecule has 5 heteroatoms. The summed E-state index contributed by atoms with van der Waals surface area (Å²) in [6.45, 7) is 10.8. The van der Waals surface area contributed by atoms with Gasteiger partial charge in [-0.3, -0.25) is 14.4 Å². The first kappa shape index (κ1) is 18.2. The number of nitrogens with zero attached hydrogens (tertiary/aromatic N) is 1. The number of amides is 1. The summed E-state index contributed by atoms with van der Waals surface area (Å²) in [4.78, 5) is 33.3. The number of carbonyl (C=O) groups excluding carboxylic acids is 3. The number of rotatable bonds is 3. The summed E-state index contributed by atoms with van der Waals surface area (Å²) in [5.41, 5.74) is 0. The summed E-state index contributed by atoms with van der Waals surface area (Å²) in [5, 5.41) is 0.0401. The normalized spacial score (nSPS) is 21.0. The Balaban J connectivity index is 3.03. The van der Waals surface area contributed by atoms with Crippen molar-refractivity contribution in [1.82, 2.24) is 4.57 Å². The van der Waals surface area contributed by atoms with Crippen LogP contribution in [0.25, 0.3) is 0 Å². The minimum absolute atomic E-state index is 0.0122. The number of aldehydes is 2. The van der Waals surface area contributed by atoms with E-state index in [1.165, 1.54) is 0 Å².